The summed E-state index contributed by atoms with van der Waals surface area (Å²) >= 11 is 7.75. The van der Waals surface area contributed by atoms with Crippen LogP contribution in [0, 0.1) is 5.82 Å². The van der Waals surface area contributed by atoms with Crippen molar-refractivity contribution in [1.82, 2.24) is 20.3 Å². The molecule has 2 aromatic heterocycles. The van der Waals surface area contributed by atoms with Crippen molar-refractivity contribution < 1.29 is 13.9 Å². The molecule has 3 aromatic rings. The molecule has 0 unspecified atom stereocenters. The van der Waals surface area contributed by atoms with Gasteiger partial charge in [0.25, 0.3) is 0 Å². The van der Waals surface area contributed by atoms with Crippen LogP contribution in [0.5, 0.6) is 0 Å². The van der Waals surface area contributed by atoms with Gasteiger partial charge in [-0.1, -0.05) is 22.9 Å². The lowest BCUT2D eigenvalue weighted by molar-refractivity contribution is 0.0530. The summed E-state index contributed by atoms with van der Waals surface area (Å²) in [5.41, 5.74) is 1.18. The zero-order chi connectivity index (χ0) is 24.9. The number of hydrogen-bond acceptors (Lipinski definition) is 8. The number of rotatable bonds is 8. The number of thiazole rings is 1. The molecule has 0 aliphatic heterocycles. The maximum atomic E-state index is 13.6. The van der Waals surface area contributed by atoms with Gasteiger partial charge in [-0.05, 0) is 58.9 Å². The third kappa shape index (κ3) is 7.53. The summed E-state index contributed by atoms with van der Waals surface area (Å²) in [7, 11) is 0. The first-order chi connectivity index (χ1) is 16.0. The lowest BCUT2D eigenvalue weighted by Crippen LogP contribution is -2.35. The molecule has 1 aromatic carbocycles. The molecule has 3 rings (SSSR count). The summed E-state index contributed by atoms with van der Waals surface area (Å²) in [6.45, 7) is 10.1. The monoisotopic (exact) mass is 506 g/mol. The number of hydrogen-bond donors (Lipinski definition) is 3. The Kier molecular flexibility index (Phi) is 8.27. The van der Waals surface area contributed by atoms with Crippen LogP contribution in [0.15, 0.2) is 30.5 Å². The lowest BCUT2D eigenvalue weighted by Gasteiger charge is -2.19. The number of anilines is 2. The summed E-state index contributed by atoms with van der Waals surface area (Å²) in [5, 5.41) is 10.1. The number of carbonyl (C=O) groups excluding carboxylic acids is 1. The average molecular weight is 507 g/mol. The third-order valence-corrected chi connectivity index (χ3v) is 5.44. The van der Waals surface area contributed by atoms with Gasteiger partial charge in [-0.3, -0.25) is 0 Å². The van der Waals surface area contributed by atoms with Gasteiger partial charge in [0.05, 0.1) is 21.3 Å². The van der Waals surface area contributed by atoms with Gasteiger partial charge >= 0.3 is 6.09 Å². The number of nitrogens with zero attached hydrogens (tertiary/aromatic N) is 3. The van der Waals surface area contributed by atoms with Gasteiger partial charge in [0.15, 0.2) is 5.13 Å². The van der Waals surface area contributed by atoms with E-state index in [0.717, 1.165) is 10.0 Å². The molecule has 0 radical (unpaired) electrons. The van der Waals surface area contributed by atoms with Crippen molar-refractivity contribution in [3.05, 3.63) is 41.3 Å². The van der Waals surface area contributed by atoms with E-state index in [1.807, 2.05) is 13.8 Å². The fourth-order valence-corrected chi connectivity index (χ4v) is 4.03. The normalized spacial score (nSPS) is 11.4. The Bertz CT molecular complexity index is 1150. The first-order valence-electron chi connectivity index (χ1n) is 10.8. The molecule has 0 atom stereocenters. The molecule has 0 bridgehead atoms. The van der Waals surface area contributed by atoms with E-state index >= 15 is 0 Å². The number of alkyl carbamates (subject to hydrolysis) is 1. The van der Waals surface area contributed by atoms with Gasteiger partial charge in [0.2, 0.25) is 5.95 Å². The van der Waals surface area contributed by atoms with Gasteiger partial charge in [-0.15, -0.1) is 0 Å². The summed E-state index contributed by atoms with van der Waals surface area (Å²) in [6.07, 6.45) is 1.24. The molecule has 8 nitrogen and oxygen atoms in total. The van der Waals surface area contributed by atoms with E-state index in [2.05, 4.69) is 30.9 Å². The topological polar surface area (TPSA) is 101 Å². The highest BCUT2D eigenvalue weighted by atomic mass is 35.5. The molecule has 3 N–H and O–H groups in total. The van der Waals surface area contributed by atoms with Crippen molar-refractivity contribution in [2.45, 2.75) is 46.3 Å². The molecule has 0 saturated heterocycles. The van der Waals surface area contributed by atoms with E-state index in [9.17, 15) is 9.18 Å². The number of carbonyl (C=O) groups is 1. The van der Waals surface area contributed by atoms with Crippen LogP contribution in [0.4, 0.5) is 20.3 Å². The molecule has 0 aliphatic rings. The van der Waals surface area contributed by atoms with Crippen LogP contribution in [-0.2, 0) is 4.74 Å². The first kappa shape index (κ1) is 25.6. The second kappa shape index (κ2) is 11.0. The summed E-state index contributed by atoms with van der Waals surface area (Å²) < 4.78 is 18.8. The Labute approximate surface area is 207 Å². The van der Waals surface area contributed by atoms with Crippen molar-refractivity contribution in [3.63, 3.8) is 0 Å². The van der Waals surface area contributed by atoms with Crippen LogP contribution in [0.25, 0.3) is 21.8 Å². The van der Waals surface area contributed by atoms with Crippen LogP contribution in [0.3, 0.4) is 0 Å². The SMILES string of the molecule is CC(C)Nc1ncc(-c2cc(-c3ccc(F)cc3Cl)nc(NCCNC(=O)OC(C)(C)C)n2)s1. The van der Waals surface area contributed by atoms with Crippen LogP contribution in [0.2, 0.25) is 5.02 Å². The number of halogens is 2. The minimum Gasteiger partial charge on any atom is -0.444 e. The zero-order valence-electron chi connectivity index (χ0n) is 19.7. The first-order valence-corrected chi connectivity index (χ1v) is 12.0. The fourth-order valence-electron chi connectivity index (χ4n) is 2.85. The molecule has 34 heavy (non-hydrogen) atoms. The Morgan fingerprint density at radius 1 is 1.18 bits per heavy atom. The molecule has 0 aliphatic carbocycles. The third-order valence-electron chi connectivity index (χ3n) is 4.18. The van der Waals surface area contributed by atoms with E-state index < -0.39 is 17.5 Å². The van der Waals surface area contributed by atoms with Crippen LogP contribution < -0.4 is 16.0 Å². The van der Waals surface area contributed by atoms with E-state index in [0.29, 0.717) is 36.0 Å². The molecule has 0 saturated carbocycles. The van der Waals surface area contributed by atoms with Crippen LogP contribution >= 0.6 is 22.9 Å². The summed E-state index contributed by atoms with van der Waals surface area (Å²) in [5.74, 6) is -0.0906. The molecule has 0 fully saturated rings. The number of nitrogens with one attached hydrogen (secondary N) is 3. The van der Waals surface area contributed by atoms with Crippen molar-refractivity contribution >= 4 is 40.1 Å². The van der Waals surface area contributed by atoms with Gasteiger partial charge < -0.3 is 20.7 Å². The second-order valence-corrected chi connectivity index (χ2v) is 10.2. The van der Waals surface area contributed by atoms with E-state index in [4.69, 9.17) is 16.3 Å². The maximum Gasteiger partial charge on any atom is 0.407 e. The van der Waals surface area contributed by atoms with Crippen LogP contribution in [0.1, 0.15) is 34.6 Å². The molecule has 182 valence electrons. The molecular formula is C23H28ClFN6O2S. The molecule has 11 heteroatoms. The number of ether oxygens (including phenoxy) is 1. The Morgan fingerprint density at radius 2 is 1.91 bits per heavy atom. The number of aromatic nitrogens is 3. The van der Waals surface area contributed by atoms with Gasteiger partial charge in [-0.25, -0.2) is 24.1 Å². The van der Waals surface area contributed by atoms with Gasteiger partial charge in [0, 0.05) is 30.9 Å². The molecule has 0 spiro atoms. The lowest BCUT2D eigenvalue weighted by atomic mass is 10.1. The van der Waals surface area contributed by atoms with Gasteiger partial charge in [-0.2, -0.15) is 0 Å². The number of benzene rings is 1. The minimum absolute atomic E-state index is 0.243. The maximum absolute atomic E-state index is 13.6. The standard InChI is InChI=1S/C23H28ClFN6O2S/c1-13(2)29-21-28-12-19(34-21)18-11-17(15-7-6-14(25)10-16(15)24)30-20(31-18)26-8-9-27-22(32)33-23(3,4)5/h6-7,10-13H,8-9H2,1-5H3,(H,27,32)(H,28,29)(H,26,30,31). The minimum atomic E-state index is -0.573. The highest BCUT2D eigenvalue weighted by Gasteiger charge is 2.16. The zero-order valence-corrected chi connectivity index (χ0v) is 21.3. The quantitative estimate of drug-likeness (QED) is 0.331. The highest BCUT2D eigenvalue weighted by Crippen LogP contribution is 2.33. The predicted molar refractivity (Wildman–Crippen MR) is 135 cm³/mol. The van der Waals surface area contributed by atoms with Crippen molar-refractivity contribution in [3.8, 4) is 21.8 Å². The largest absolute Gasteiger partial charge is 0.444 e. The van der Waals surface area contributed by atoms with E-state index in [-0.39, 0.29) is 11.1 Å². The molecule has 2 heterocycles. The van der Waals surface area contributed by atoms with Crippen molar-refractivity contribution in [2.24, 2.45) is 0 Å². The highest BCUT2D eigenvalue weighted by molar-refractivity contribution is 7.18. The Hall–Kier alpha value is -2.98. The fraction of sp³-hybridized carbons (Fsp3) is 0.391. The van der Waals surface area contributed by atoms with Crippen LogP contribution in [-0.4, -0.2) is 45.8 Å². The average Bonchev–Trinajstić information content (AvgIpc) is 3.17. The second-order valence-electron chi connectivity index (χ2n) is 8.77. The van der Waals surface area contributed by atoms with E-state index in [1.165, 1.54) is 23.5 Å². The number of amides is 1. The van der Waals surface area contributed by atoms with Crippen molar-refractivity contribution in [1.29, 1.82) is 0 Å². The van der Waals surface area contributed by atoms with Gasteiger partial charge in [0.1, 0.15) is 11.4 Å². The molecule has 1 amide bonds. The van der Waals surface area contributed by atoms with Crippen molar-refractivity contribution in [2.75, 3.05) is 23.7 Å². The van der Waals surface area contributed by atoms with E-state index in [1.54, 1.807) is 39.1 Å². The Balaban J connectivity index is 1.83. The Morgan fingerprint density at radius 3 is 2.59 bits per heavy atom. The predicted octanol–water partition coefficient (Wildman–Crippen LogP) is 5.82. The summed E-state index contributed by atoms with van der Waals surface area (Å²) in [6, 6.07) is 6.19. The smallest absolute Gasteiger partial charge is 0.407 e. The molecular weight excluding hydrogens is 479 g/mol. The summed E-state index contributed by atoms with van der Waals surface area (Å²) in [4.78, 5) is 26.2.